The Kier molecular flexibility index (Phi) is 7.19. The molecule has 1 aromatic rings. The van der Waals surface area contributed by atoms with Crippen molar-refractivity contribution in [2.45, 2.75) is 32.1 Å². The SMILES string of the molecule is CCCCCN(C)CC(C(=O)OC)c1ccccc1. The molecule has 0 fully saturated rings. The van der Waals surface area contributed by atoms with Gasteiger partial charge in [0.1, 0.15) is 0 Å². The van der Waals surface area contributed by atoms with E-state index in [9.17, 15) is 4.79 Å². The van der Waals surface area contributed by atoms with Gasteiger partial charge in [0.2, 0.25) is 0 Å². The van der Waals surface area contributed by atoms with Crippen LogP contribution in [0.1, 0.15) is 37.7 Å². The summed E-state index contributed by atoms with van der Waals surface area (Å²) in [6.45, 7) is 3.93. The van der Waals surface area contributed by atoms with Crippen molar-refractivity contribution in [2.75, 3.05) is 27.2 Å². The van der Waals surface area contributed by atoms with Gasteiger partial charge in [0.25, 0.3) is 0 Å². The van der Waals surface area contributed by atoms with Crippen LogP contribution in [0.5, 0.6) is 0 Å². The van der Waals surface area contributed by atoms with Gasteiger partial charge in [-0.25, -0.2) is 0 Å². The van der Waals surface area contributed by atoms with Crippen molar-refractivity contribution < 1.29 is 9.53 Å². The van der Waals surface area contributed by atoms with E-state index in [1.165, 1.54) is 26.4 Å². The summed E-state index contributed by atoms with van der Waals surface area (Å²) in [7, 11) is 3.52. The van der Waals surface area contributed by atoms with Crippen LogP contribution in [0.4, 0.5) is 0 Å². The van der Waals surface area contributed by atoms with Gasteiger partial charge < -0.3 is 9.64 Å². The molecule has 1 rings (SSSR count). The van der Waals surface area contributed by atoms with E-state index in [1.54, 1.807) is 0 Å². The number of hydrogen-bond donors (Lipinski definition) is 0. The highest BCUT2D eigenvalue weighted by atomic mass is 16.5. The van der Waals surface area contributed by atoms with Crippen LogP contribution in [-0.4, -0.2) is 38.1 Å². The fraction of sp³-hybridized carbons (Fsp3) is 0.562. The van der Waals surface area contributed by atoms with Gasteiger partial charge in [-0.05, 0) is 25.6 Å². The first-order valence-electron chi connectivity index (χ1n) is 7.00. The molecular weight excluding hydrogens is 238 g/mol. The number of nitrogens with zero attached hydrogens (tertiary/aromatic N) is 1. The number of rotatable bonds is 8. The lowest BCUT2D eigenvalue weighted by atomic mass is 9.98. The maximum Gasteiger partial charge on any atom is 0.314 e. The zero-order valence-corrected chi connectivity index (χ0v) is 12.3. The number of likely N-dealkylation sites (N-methyl/N-ethyl adjacent to an activating group) is 1. The van der Waals surface area contributed by atoms with Crippen molar-refractivity contribution >= 4 is 5.97 Å². The number of benzene rings is 1. The number of carbonyl (C=O) groups excluding carboxylic acids is 1. The molecule has 0 aliphatic heterocycles. The third-order valence-electron chi connectivity index (χ3n) is 3.33. The molecule has 1 aromatic carbocycles. The average Bonchev–Trinajstić information content (AvgIpc) is 2.45. The van der Waals surface area contributed by atoms with Crippen LogP contribution < -0.4 is 0 Å². The summed E-state index contributed by atoms with van der Waals surface area (Å²) in [6.07, 6.45) is 3.63. The monoisotopic (exact) mass is 263 g/mol. The first-order valence-corrected chi connectivity index (χ1v) is 7.00. The maximum atomic E-state index is 11.9. The quantitative estimate of drug-likeness (QED) is 0.533. The second kappa shape index (κ2) is 8.70. The van der Waals surface area contributed by atoms with Crippen LogP contribution in [0.3, 0.4) is 0 Å². The Hall–Kier alpha value is -1.35. The molecule has 19 heavy (non-hydrogen) atoms. The Morgan fingerprint density at radius 1 is 1.26 bits per heavy atom. The largest absolute Gasteiger partial charge is 0.469 e. The Morgan fingerprint density at radius 3 is 2.53 bits per heavy atom. The molecule has 0 radical (unpaired) electrons. The number of unbranched alkanes of at least 4 members (excludes halogenated alkanes) is 2. The molecule has 0 aliphatic carbocycles. The van der Waals surface area contributed by atoms with Crippen LogP contribution >= 0.6 is 0 Å². The first-order chi connectivity index (χ1) is 9.19. The molecule has 0 bridgehead atoms. The molecule has 0 saturated heterocycles. The second-order valence-corrected chi connectivity index (χ2v) is 4.96. The molecule has 0 spiro atoms. The second-order valence-electron chi connectivity index (χ2n) is 4.96. The molecular formula is C16H25NO2. The highest BCUT2D eigenvalue weighted by Gasteiger charge is 2.22. The van der Waals surface area contributed by atoms with Crippen molar-refractivity contribution in [3.8, 4) is 0 Å². The summed E-state index contributed by atoms with van der Waals surface area (Å²) in [5.74, 6) is -0.355. The summed E-state index contributed by atoms with van der Waals surface area (Å²) < 4.78 is 4.93. The molecule has 0 aliphatic rings. The van der Waals surface area contributed by atoms with Crippen molar-refractivity contribution in [3.05, 3.63) is 35.9 Å². The highest BCUT2D eigenvalue weighted by molar-refractivity contribution is 5.78. The van der Waals surface area contributed by atoms with E-state index >= 15 is 0 Å². The molecule has 0 heterocycles. The predicted molar refractivity (Wildman–Crippen MR) is 78.2 cm³/mol. The number of ether oxygens (including phenoxy) is 1. The van der Waals surface area contributed by atoms with E-state index in [0.717, 1.165) is 12.1 Å². The van der Waals surface area contributed by atoms with Crippen LogP contribution in [0.25, 0.3) is 0 Å². The summed E-state index contributed by atoms with van der Waals surface area (Å²) in [4.78, 5) is 14.1. The predicted octanol–water partition coefficient (Wildman–Crippen LogP) is 3.07. The van der Waals surface area contributed by atoms with E-state index in [4.69, 9.17) is 4.74 Å². The van der Waals surface area contributed by atoms with Gasteiger partial charge in [0.05, 0.1) is 13.0 Å². The first kappa shape index (κ1) is 15.7. The van der Waals surface area contributed by atoms with Crippen molar-refractivity contribution in [3.63, 3.8) is 0 Å². The number of methoxy groups -OCH3 is 1. The van der Waals surface area contributed by atoms with Crippen LogP contribution in [0.2, 0.25) is 0 Å². The van der Waals surface area contributed by atoms with Gasteiger partial charge in [-0.15, -0.1) is 0 Å². The molecule has 3 heteroatoms. The van der Waals surface area contributed by atoms with Crippen molar-refractivity contribution in [1.82, 2.24) is 4.90 Å². The lowest BCUT2D eigenvalue weighted by molar-refractivity contribution is -0.142. The van der Waals surface area contributed by atoms with E-state index in [1.807, 2.05) is 30.3 Å². The topological polar surface area (TPSA) is 29.5 Å². The molecule has 0 N–H and O–H groups in total. The standard InChI is InChI=1S/C16H25NO2/c1-4-5-9-12-17(2)13-15(16(18)19-3)14-10-7-6-8-11-14/h6-8,10-11,15H,4-5,9,12-13H2,1-3H3. The molecule has 0 amide bonds. The van der Waals surface area contributed by atoms with E-state index < -0.39 is 0 Å². The van der Waals surface area contributed by atoms with Crippen molar-refractivity contribution in [1.29, 1.82) is 0 Å². The number of esters is 1. The highest BCUT2D eigenvalue weighted by Crippen LogP contribution is 2.18. The summed E-state index contributed by atoms with van der Waals surface area (Å²) in [6, 6.07) is 9.86. The van der Waals surface area contributed by atoms with E-state index in [-0.39, 0.29) is 11.9 Å². The van der Waals surface area contributed by atoms with Crippen molar-refractivity contribution in [2.24, 2.45) is 0 Å². The molecule has 0 saturated carbocycles. The van der Waals surface area contributed by atoms with Gasteiger partial charge >= 0.3 is 5.97 Å². The fourth-order valence-corrected chi connectivity index (χ4v) is 2.18. The zero-order chi connectivity index (χ0) is 14.1. The number of hydrogen-bond acceptors (Lipinski definition) is 3. The Morgan fingerprint density at radius 2 is 1.95 bits per heavy atom. The average molecular weight is 263 g/mol. The molecule has 0 aromatic heterocycles. The number of carbonyl (C=O) groups is 1. The summed E-state index contributed by atoms with van der Waals surface area (Å²) in [5.41, 5.74) is 1.02. The van der Waals surface area contributed by atoms with Crippen LogP contribution in [0, 0.1) is 0 Å². The van der Waals surface area contributed by atoms with E-state index in [0.29, 0.717) is 6.54 Å². The lowest BCUT2D eigenvalue weighted by Crippen LogP contribution is -2.30. The Labute approximate surface area is 116 Å². The van der Waals surface area contributed by atoms with Gasteiger partial charge in [-0.3, -0.25) is 4.79 Å². The third-order valence-corrected chi connectivity index (χ3v) is 3.33. The summed E-state index contributed by atoms with van der Waals surface area (Å²) in [5, 5.41) is 0. The molecule has 1 atom stereocenters. The third kappa shape index (κ3) is 5.43. The minimum Gasteiger partial charge on any atom is -0.469 e. The Balaban J connectivity index is 2.63. The normalized spacial score (nSPS) is 12.4. The van der Waals surface area contributed by atoms with Crippen LogP contribution in [0.15, 0.2) is 30.3 Å². The van der Waals surface area contributed by atoms with Gasteiger partial charge in [-0.1, -0.05) is 50.1 Å². The van der Waals surface area contributed by atoms with Gasteiger partial charge in [0.15, 0.2) is 0 Å². The molecule has 106 valence electrons. The minimum absolute atomic E-state index is 0.159. The lowest BCUT2D eigenvalue weighted by Gasteiger charge is -2.22. The maximum absolute atomic E-state index is 11.9. The van der Waals surface area contributed by atoms with E-state index in [2.05, 4.69) is 18.9 Å². The van der Waals surface area contributed by atoms with Gasteiger partial charge in [0, 0.05) is 6.54 Å². The summed E-state index contributed by atoms with van der Waals surface area (Å²) >= 11 is 0. The smallest absolute Gasteiger partial charge is 0.314 e. The fourth-order valence-electron chi connectivity index (χ4n) is 2.18. The zero-order valence-electron chi connectivity index (χ0n) is 12.3. The minimum atomic E-state index is -0.196. The van der Waals surface area contributed by atoms with Gasteiger partial charge in [-0.2, -0.15) is 0 Å². The molecule has 1 unspecified atom stereocenters. The molecule has 3 nitrogen and oxygen atoms in total. The van der Waals surface area contributed by atoms with Crippen LogP contribution in [-0.2, 0) is 9.53 Å². The Bertz CT molecular complexity index is 364.